The van der Waals surface area contributed by atoms with Gasteiger partial charge in [0.25, 0.3) is 0 Å². The second kappa shape index (κ2) is 8.22. The Hall–Kier alpha value is -2.19. The van der Waals surface area contributed by atoms with Crippen molar-refractivity contribution in [3.63, 3.8) is 0 Å². The minimum absolute atomic E-state index is 0.0331. The lowest BCUT2D eigenvalue weighted by Gasteiger charge is -2.19. The molecule has 0 radical (unpaired) electrons. The van der Waals surface area contributed by atoms with Gasteiger partial charge in [-0.05, 0) is 24.3 Å². The smallest absolute Gasteiger partial charge is 0.165 e. The summed E-state index contributed by atoms with van der Waals surface area (Å²) in [6.45, 7) is 3.63. The number of hydrogen-bond acceptors (Lipinski definition) is 7. The van der Waals surface area contributed by atoms with Crippen LogP contribution in [0.3, 0.4) is 0 Å². The molecule has 1 aliphatic rings. The number of fused-ring (bicyclic) bond motifs is 2. The number of aromatic hydroxyl groups is 1. The van der Waals surface area contributed by atoms with Crippen molar-refractivity contribution >= 4 is 21.6 Å². The predicted octanol–water partition coefficient (Wildman–Crippen LogP) is 2.87. The van der Waals surface area contributed by atoms with E-state index < -0.39 is 0 Å². The lowest BCUT2D eigenvalue weighted by Crippen LogP contribution is -2.29. The van der Waals surface area contributed by atoms with Crippen LogP contribution in [-0.4, -0.2) is 59.6 Å². The van der Waals surface area contributed by atoms with Gasteiger partial charge in [0.15, 0.2) is 11.5 Å². The molecule has 0 spiro atoms. The highest BCUT2D eigenvalue weighted by Gasteiger charge is 2.20. The van der Waals surface area contributed by atoms with E-state index >= 15 is 0 Å². The fourth-order valence-corrected chi connectivity index (χ4v) is 4.18. The highest BCUT2D eigenvalue weighted by molar-refractivity contribution is 7.21. The van der Waals surface area contributed by atoms with Gasteiger partial charge in [-0.1, -0.05) is 12.1 Å². The van der Waals surface area contributed by atoms with Crippen LogP contribution in [0.25, 0.3) is 20.8 Å². The number of para-hydroxylation sites is 1. The average Bonchev–Trinajstić information content (AvgIpc) is 3.00. The van der Waals surface area contributed by atoms with E-state index in [1.54, 1.807) is 17.4 Å². The molecule has 1 aliphatic heterocycles. The maximum atomic E-state index is 10.5. The van der Waals surface area contributed by atoms with Gasteiger partial charge in [0, 0.05) is 30.8 Å². The molecule has 0 saturated heterocycles. The van der Waals surface area contributed by atoms with Crippen LogP contribution in [-0.2, 0) is 11.3 Å². The molecule has 0 amide bonds. The summed E-state index contributed by atoms with van der Waals surface area (Å²) in [6, 6.07) is 11.8. The largest absolute Gasteiger partial charge is 0.504 e. The Labute approximate surface area is 161 Å². The second-order valence-corrected chi connectivity index (χ2v) is 7.46. The quantitative estimate of drug-likeness (QED) is 0.635. The van der Waals surface area contributed by atoms with Gasteiger partial charge in [-0.2, -0.15) is 0 Å². The molecule has 27 heavy (non-hydrogen) atoms. The fourth-order valence-electron chi connectivity index (χ4n) is 3.22. The number of aliphatic hydroxyl groups is 1. The normalized spacial score (nSPS) is 14.7. The van der Waals surface area contributed by atoms with Crippen molar-refractivity contribution in [1.82, 2.24) is 9.88 Å². The minimum atomic E-state index is 0.0331. The molecule has 2 heterocycles. The number of benzene rings is 2. The molecule has 6 nitrogen and oxygen atoms in total. The van der Waals surface area contributed by atoms with Gasteiger partial charge in [-0.15, -0.1) is 11.3 Å². The summed E-state index contributed by atoms with van der Waals surface area (Å²) < 4.78 is 12.3. The first-order valence-corrected chi connectivity index (χ1v) is 9.82. The van der Waals surface area contributed by atoms with E-state index in [4.69, 9.17) is 19.6 Å². The Bertz CT molecular complexity index is 894. The number of aromatic nitrogens is 1. The highest BCUT2D eigenvalue weighted by Crippen LogP contribution is 2.39. The molecule has 1 aromatic heterocycles. The zero-order valence-electron chi connectivity index (χ0n) is 14.9. The van der Waals surface area contributed by atoms with Crippen molar-refractivity contribution in [2.45, 2.75) is 6.54 Å². The molecule has 3 aromatic rings. The molecule has 4 rings (SSSR count). The lowest BCUT2D eigenvalue weighted by atomic mass is 10.1. The number of ether oxygens (including phenoxy) is 2. The number of thiazole rings is 1. The Kier molecular flexibility index (Phi) is 5.54. The molecule has 0 atom stereocenters. The van der Waals surface area contributed by atoms with Crippen molar-refractivity contribution in [2.24, 2.45) is 0 Å². The maximum absolute atomic E-state index is 10.5. The number of rotatable bonds is 6. The number of nitrogens with zero attached hydrogens (tertiary/aromatic N) is 2. The van der Waals surface area contributed by atoms with Gasteiger partial charge in [0.1, 0.15) is 11.6 Å². The van der Waals surface area contributed by atoms with Crippen LogP contribution in [0, 0.1) is 0 Å². The van der Waals surface area contributed by atoms with E-state index in [0.29, 0.717) is 32.1 Å². The molecule has 0 bridgehead atoms. The number of aliphatic hydroxyl groups excluding tert-OH is 1. The maximum Gasteiger partial charge on any atom is 0.165 e. The van der Waals surface area contributed by atoms with Crippen molar-refractivity contribution in [2.75, 3.05) is 39.5 Å². The third-order valence-electron chi connectivity index (χ3n) is 4.52. The van der Waals surface area contributed by atoms with Crippen LogP contribution < -0.4 is 4.74 Å². The van der Waals surface area contributed by atoms with E-state index in [9.17, 15) is 5.11 Å². The van der Waals surface area contributed by atoms with Crippen LogP contribution in [0.15, 0.2) is 36.4 Å². The minimum Gasteiger partial charge on any atom is -0.504 e. The van der Waals surface area contributed by atoms with Gasteiger partial charge in [0.2, 0.25) is 0 Å². The van der Waals surface area contributed by atoms with Gasteiger partial charge >= 0.3 is 0 Å². The van der Waals surface area contributed by atoms with Crippen LogP contribution >= 0.6 is 11.3 Å². The summed E-state index contributed by atoms with van der Waals surface area (Å²) in [5, 5.41) is 20.2. The molecular formula is C20H22N2O4S. The van der Waals surface area contributed by atoms with Gasteiger partial charge in [-0.25, -0.2) is 4.98 Å². The first-order valence-electron chi connectivity index (χ1n) is 9.00. The monoisotopic (exact) mass is 386 g/mol. The van der Waals surface area contributed by atoms with Crippen molar-refractivity contribution in [3.8, 4) is 22.1 Å². The molecular weight excluding hydrogens is 364 g/mol. The second-order valence-electron chi connectivity index (χ2n) is 6.43. The first-order chi connectivity index (χ1) is 13.2. The van der Waals surface area contributed by atoms with Crippen molar-refractivity contribution in [3.05, 3.63) is 42.0 Å². The number of phenols is 1. The zero-order valence-corrected chi connectivity index (χ0v) is 15.7. The van der Waals surface area contributed by atoms with Crippen LogP contribution in [0.2, 0.25) is 0 Å². The van der Waals surface area contributed by atoms with Crippen LogP contribution in [0.1, 0.15) is 5.56 Å². The van der Waals surface area contributed by atoms with E-state index in [1.807, 2.05) is 18.2 Å². The third kappa shape index (κ3) is 4.06. The fraction of sp³-hybridized carbons (Fsp3) is 0.350. The van der Waals surface area contributed by atoms with E-state index in [0.717, 1.165) is 39.4 Å². The van der Waals surface area contributed by atoms with Gasteiger partial charge < -0.3 is 19.7 Å². The predicted molar refractivity (Wildman–Crippen MR) is 105 cm³/mol. The van der Waals surface area contributed by atoms with E-state index in [-0.39, 0.29) is 12.4 Å². The number of phenolic OH excluding ortho intramolecular Hbond substituents is 1. The summed E-state index contributed by atoms with van der Waals surface area (Å²) in [4.78, 5) is 6.92. The molecule has 142 valence electrons. The Morgan fingerprint density at radius 1 is 1.22 bits per heavy atom. The summed E-state index contributed by atoms with van der Waals surface area (Å²) in [7, 11) is 0. The van der Waals surface area contributed by atoms with Crippen LogP contribution in [0.4, 0.5) is 0 Å². The molecule has 0 unspecified atom stereocenters. The van der Waals surface area contributed by atoms with Gasteiger partial charge in [-0.3, -0.25) is 4.90 Å². The Morgan fingerprint density at radius 3 is 2.96 bits per heavy atom. The van der Waals surface area contributed by atoms with Gasteiger partial charge in [0.05, 0.1) is 30.0 Å². The Morgan fingerprint density at radius 2 is 2.11 bits per heavy atom. The van der Waals surface area contributed by atoms with Crippen molar-refractivity contribution < 1.29 is 19.7 Å². The third-order valence-corrected chi connectivity index (χ3v) is 5.61. The highest BCUT2D eigenvalue weighted by atomic mass is 32.1. The summed E-state index contributed by atoms with van der Waals surface area (Å²) >= 11 is 1.61. The average molecular weight is 386 g/mol. The molecule has 0 fully saturated rings. The molecule has 7 heteroatoms. The van der Waals surface area contributed by atoms with E-state index in [2.05, 4.69) is 17.0 Å². The Balaban J connectivity index is 1.59. The summed E-state index contributed by atoms with van der Waals surface area (Å²) in [6.07, 6.45) is 0. The first kappa shape index (κ1) is 18.2. The van der Waals surface area contributed by atoms with E-state index in [1.165, 1.54) is 0 Å². The SMILES string of the molecule is OCCOCCN1CCOc2c(O)cc(-c3nc4ccccc4s3)cc2C1. The number of hydrogen-bond donors (Lipinski definition) is 2. The molecule has 0 saturated carbocycles. The standard InChI is InChI=1S/C20H22N2O4S/c23-7-10-25-8-5-22-6-9-26-19-15(13-22)11-14(12-17(19)24)20-21-16-3-1-2-4-18(16)27-20/h1-4,11-12,23-24H,5-10,13H2. The summed E-state index contributed by atoms with van der Waals surface area (Å²) in [5.41, 5.74) is 2.81. The summed E-state index contributed by atoms with van der Waals surface area (Å²) in [5.74, 6) is 0.707. The van der Waals surface area contributed by atoms with Crippen molar-refractivity contribution in [1.29, 1.82) is 0 Å². The molecule has 0 aliphatic carbocycles. The lowest BCUT2D eigenvalue weighted by molar-refractivity contribution is 0.0708. The zero-order chi connectivity index (χ0) is 18.6. The van der Waals surface area contributed by atoms with Crippen LogP contribution in [0.5, 0.6) is 11.5 Å². The topological polar surface area (TPSA) is 75.1 Å². The molecule has 2 aromatic carbocycles. The molecule has 2 N–H and O–H groups in total.